The number of anilines is 1. The van der Waals surface area contributed by atoms with Crippen molar-refractivity contribution < 1.29 is 4.74 Å². The van der Waals surface area contributed by atoms with Gasteiger partial charge in [0.15, 0.2) is 0 Å². The average molecular weight is 350 g/mol. The maximum atomic E-state index is 5.94. The lowest BCUT2D eigenvalue weighted by Gasteiger charge is -2.14. The molecule has 2 rings (SSSR count). The number of aryl methyl sites for hydroxylation is 1. The Labute approximate surface area is 133 Å². The predicted octanol–water partition coefficient (Wildman–Crippen LogP) is 4.69. The van der Waals surface area contributed by atoms with Crippen LogP contribution in [0.1, 0.15) is 44.5 Å². The summed E-state index contributed by atoms with van der Waals surface area (Å²) in [6.45, 7) is 6.34. The van der Waals surface area contributed by atoms with Crippen LogP contribution in [0.4, 0.5) is 5.82 Å². The lowest BCUT2D eigenvalue weighted by atomic mass is 10.0. The van der Waals surface area contributed by atoms with E-state index in [1.54, 1.807) is 6.07 Å². The van der Waals surface area contributed by atoms with E-state index >= 15 is 0 Å². The Hall–Kier alpha value is -1.62. The molecule has 0 bridgehead atoms. The quantitative estimate of drug-likeness (QED) is 0.850. The van der Waals surface area contributed by atoms with Gasteiger partial charge in [0.1, 0.15) is 17.4 Å². The molecule has 0 aliphatic carbocycles. The fraction of sp³-hybridized carbons (Fsp3) is 0.375. The molecule has 0 saturated heterocycles. The van der Waals surface area contributed by atoms with Crippen molar-refractivity contribution in [2.24, 2.45) is 0 Å². The summed E-state index contributed by atoms with van der Waals surface area (Å²) in [4.78, 5) is 8.63. The van der Waals surface area contributed by atoms with Gasteiger partial charge >= 0.3 is 0 Å². The van der Waals surface area contributed by atoms with Crippen LogP contribution >= 0.6 is 15.9 Å². The molecule has 1 heterocycles. The minimum absolute atomic E-state index is 0.354. The van der Waals surface area contributed by atoms with Gasteiger partial charge in [-0.25, -0.2) is 4.98 Å². The Morgan fingerprint density at radius 3 is 2.67 bits per heavy atom. The Morgan fingerprint density at radius 2 is 2.00 bits per heavy atom. The van der Waals surface area contributed by atoms with Crippen molar-refractivity contribution >= 4 is 21.7 Å². The Balaban J connectivity index is 2.33. The summed E-state index contributed by atoms with van der Waals surface area (Å²) >= 11 is 3.49. The van der Waals surface area contributed by atoms with E-state index in [4.69, 9.17) is 10.5 Å². The van der Waals surface area contributed by atoms with Crippen LogP contribution in [-0.4, -0.2) is 9.97 Å². The maximum absolute atomic E-state index is 5.94. The van der Waals surface area contributed by atoms with Crippen LogP contribution in [0.2, 0.25) is 0 Å². The van der Waals surface area contributed by atoms with E-state index in [0.717, 1.165) is 34.5 Å². The average Bonchev–Trinajstić information content (AvgIpc) is 2.40. The van der Waals surface area contributed by atoms with Crippen molar-refractivity contribution in [1.82, 2.24) is 9.97 Å². The van der Waals surface area contributed by atoms with E-state index in [1.165, 1.54) is 0 Å². The van der Waals surface area contributed by atoms with Gasteiger partial charge in [0.05, 0.1) is 0 Å². The predicted molar refractivity (Wildman–Crippen MR) is 88.7 cm³/mol. The van der Waals surface area contributed by atoms with Crippen molar-refractivity contribution in [1.29, 1.82) is 0 Å². The highest BCUT2D eigenvalue weighted by Crippen LogP contribution is 2.32. The number of aromatic nitrogens is 2. The minimum atomic E-state index is 0.354. The van der Waals surface area contributed by atoms with Crippen molar-refractivity contribution in [2.45, 2.75) is 39.5 Å². The minimum Gasteiger partial charge on any atom is -0.439 e. The van der Waals surface area contributed by atoms with Gasteiger partial charge in [0.2, 0.25) is 5.88 Å². The largest absolute Gasteiger partial charge is 0.439 e. The zero-order valence-electron chi connectivity index (χ0n) is 12.6. The zero-order chi connectivity index (χ0) is 15.4. The van der Waals surface area contributed by atoms with E-state index < -0.39 is 0 Å². The van der Waals surface area contributed by atoms with Crippen LogP contribution in [0.25, 0.3) is 0 Å². The molecule has 2 aromatic rings. The first-order chi connectivity index (χ1) is 9.99. The van der Waals surface area contributed by atoms with Gasteiger partial charge in [-0.2, -0.15) is 4.98 Å². The molecule has 4 nitrogen and oxygen atoms in total. The maximum Gasteiger partial charge on any atom is 0.224 e. The van der Waals surface area contributed by atoms with Crippen molar-refractivity contribution in [3.8, 4) is 11.6 Å². The number of nitrogens with two attached hydrogens (primary N) is 1. The van der Waals surface area contributed by atoms with Crippen LogP contribution in [0.3, 0.4) is 0 Å². The molecule has 0 unspecified atom stereocenters. The van der Waals surface area contributed by atoms with E-state index in [0.29, 0.717) is 17.6 Å². The number of nitrogen functional groups attached to an aromatic ring is 1. The smallest absolute Gasteiger partial charge is 0.224 e. The lowest BCUT2D eigenvalue weighted by Crippen LogP contribution is -2.02. The Morgan fingerprint density at radius 1 is 1.24 bits per heavy atom. The van der Waals surface area contributed by atoms with Crippen LogP contribution in [0.15, 0.2) is 28.7 Å². The standard InChI is InChI=1S/C16H20BrN3O/c1-4-5-15-19-14(18)9-16(20-15)21-13-7-6-11(17)8-12(13)10(2)3/h6-10H,4-5H2,1-3H3,(H2,18,19,20). The number of rotatable bonds is 5. The third kappa shape index (κ3) is 4.17. The summed E-state index contributed by atoms with van der Waals surface area (Å²) in [7, 11) is 0. The second-order valence-electron chi connectivity index (χ2n) is 5.24. The highest BCUT2D eigenvalue weighted by atomic mass is 79.9. The van der Waals surface area contributed by atoms with Gasteiger partial charge < -0.3 is 10.5 Å². The number of hydrogen-bond acceptors (Lipinski definition) is 4. The summed E-state index contributed by atoms with van der Waals surface area (Å²) in [6.07, 6.45) is 1.76. The molecule has 0 aliphatic rings. The van der Waals surface area contributed by atoms with Gasteiger partial charge in [0.25, 0.3) is 0 Å². The van der Waals surface area contributed by atoms with Crippen molar-refractivity contribution in [3.63, 3.8) is 0 Å². The van der Waals surface area contributed by atoms with E-state index in [-0.39, 0.29) is 0 Å². The Kier molecular flexibility index (Phi) is 5.17. The second kappa shape index (κ2) is 6.89. The third-order valence-corrected chi connectivity index (χ3v) is 3.54. The molecular formula is C16H20BrN3O. The molecule has 21 heavy (non-hydrogen) atoms. The first-order valence-corrected chi connectivity index (χ1v) is 7.89. The highest BCUT2D eigenvalue weighted by molar-refractivity contribution is 9.10. The first kappa shape index (κ1) is 15.8. The van der Waals surface area contributed by atoms with Gasteiger partial charge in [-0.3, -0.25) is 0 Å². The molecule has 0 aliphatic heterocycles. The molecule has 0 fully saturated rings. The SMILES string of the molecule is CCCc1nc(N)cc(Oc2ccc(Br)cc2C(C)C)n1. The monoisotopic (exact) mass is 349 g/mol. The fourth-order valence-electron chi connectivity index (χ4n) is 2.06. The van der Waals surface area contributed by atoms with E-state index in [9.17, 15) is 0 Å². The lowest BCUT2D eigenvalue weighted by molar-refractivity contribution is 0.450. The van der Waals surface area contributed by atoms with Crippen LogP contribution in [0, 0.1) is 0 Å². The second-order valence-corrected chi connectivity index (χ2v) is 6.15. The fourth-order valence-corrected chi connectivity index (χ4v) is 2.43. The highest BCUT2D eigenvalue weighted by Gasteiger charge is 2.11. The van der Waals surface area contributed by atoms with Gasteiger partial charge in [-0.05, 0) is 36.1 Å². The molecule has 5 heteroatoms. The van der Waals surface area contributed by atoms with Gasteiger partial charge in [-0.1, -0.05) is 36.7 Å². The summed E-state index contributed by atoms with van der Waals surface area (Å²) < 4.78 is 6.98. The molecule has 0 saturated carbocycles. The van der Waals surface area contributed by atoms with E-state index in [2.05, 4.69) is 52.7 Å². The van der Waals surface area contributed by atoms with Gasteiger partial charge in [0, 0.05) is 17.0 Å². The molecule has 2 N–H and O–H groups in total. The number of nitrogens with zero attached hydrogens (tertiary/aromatic N) is 2. The summed E-state index contributed by atoms with van der Waals surface area (Å²) in [6, 6.07) is 7.62. The van der Waals surface area contributed by atoms with E-state index in [1.807, 2.05) is 12.1 Å². The molecular weight excluding hydrogens is 330 g/mol. The third-order valence-electron chi connectivity index (χ3n) is 3.05. The Bertz CT molecular complexity index is 629. The van der Waals surface area contributed by atoms with Crippen molar-refractivity contribution in [2.75, 3.05) is 5.73 Å². The number of ether oxygens (including phenoxy) is 1. The molecule has 112 valence electrons. The molecule has 1 aromatic heterocycles. The summed E-state index contributed by atoms with van der Waals surface area (Å²) in [5.41, 5.74) is 6.95. The van der Waals surface area contributed by atoms with Crippen LogP contribution in [0.5, 0.6) is 11.6 Å². The molecule has 0 atom stereocenters. The van der Waals surface area contributed by atoms with Crippen LogP contribution < -0.4 is 10.5 Å². The molecule has 1 aromatic carbocycles. The topological polar surface area (TPSA) is 61.0 Å². The first-order valence-electron chi connectivity index (χ1n) is 7.10. The number of hydrogen-bond donors (Lipinski definition) is 1. The number of halogens is 1. The van der Waals surface area contributed by atoms with Crippen molar-refractivity contribution in [3.05, 3.63) is 40.1 Å². The van der Waals surface area contributed by atoms with Crippen LogP contribution in [-0.2, 0) is 6.42 Å². The number of benzene rings is 1. The summed E-state index contributed by atoms with van der Waals surface area (Å²) in [5.74, 6) is 2.80. The molecule has 0 radical (unpaired) electrons. The molecule has 0 amide bonds. The summed E-state index contributed by atoms with van der Waals surface area (Å²) in [5, 5.41) is 0. The molecule has 0 spiro atoms. The zero-order valence-corrected chi connectivity index (χ0v) is 14.1. The normalized spacial score (nSPS) is 10.9. The van der Waals surface area contributed by atoms with Gasteiger partial charge in [-0.15, -0.1) is 0 Å².